The van der Waals surface area contributed by atoms with Crippen molar-refractivity contribution < 1.29 is 36.3 Å². The molecule has 3 amide bonds. The Morgan fingerprint density at radius 3 is 2.33 bits per heavy atom. The number of fused-ring (bicyclic) bond motifs is 1. The molecule has 3 aromatic rings. The van der Waals surface area contributed by atoms with Crippen molar-refractivity contribution in [2.45, 2.75) is 25.3 Å². The molecule has 8 nitrogen and oxygen atoms in total. The first-order chi connectivity index (χ1) is 18.4. The SMILES string of the molecule is Fc1ccc(Cl)cc1.O=C1Cn2c(C(=O)NC3CSC3)nc(NC(=O)c3cc(F)cc(C(F)(F)F)c3)c2CN1. The van der Waals surface area contributed by atoms with E-state index in [1.54, 1.807) is 11.8 Å². The molecule has 39 heavy (non-hydrogen) atoms. The van der Waals surface area contributed by atoms with E-state index in [0.29, 0.717) is 22.8 Å². The van der Waals surface area contributed by atoms with Gasteiger partial charge in [-0.2, -0.15) is 24.9 Å². The van der Waals surface area contributed by atoms with Gasteiger partial charge in [-0.3, -0.25) is 14.4 Å². The third kappa shape index (κ3) is 7.06. The molecule has 5 rings (SSSR count). The van der Waals surface area contributed by atoms with Crippen LogP contribution in [0, 0.1) is 11.6 Å². The average molecular weight is 588 g/mol. The Morgan fingerprint density at radius 1 is 1.05 bits per heavy atom. The first kappa shape index (κ1) is 28.4. The molecule has 0 radical (unpaired) electrons. The number of nitrogens with zero attached hydrogens (tertiary/aromatic N) is 2. The molecule has 3 N–H and O–H groups in total. The Balaban J connectivity index is 0.000000379. The third-order valence-corrected chi connectivity index (χ3v) is 7.05. The van der Waals surface area contributed by atoms with Crippen LogP contribution in [0.15, 0.2) is 42.5 Å². The molecule has 15 heteroatoms. The number of hydrogen-bond acceptors (Lipinski definition) is 5. The normalized spacial score (nSPS) is 14.8. The standard InChI is InChI=1S/C18H15F4N5O3S.C6H4ClF/c19-10-2-8(1-9(3-10)18(20,21)22)16(29)26-14-12-4-23-13(28)5-27(12)15(25-14)17(30)24-11-6-31-7-11;7-5-1-3-6(8)4-2-5/h1-3,11H,4-7H2,(H,23,28)(H,24,30)(H,26,29);1-4H. The zero-order valence-electron chi connectivity index (χ0n) is 19.7. The molecule has 0 saturated carbocycles. The van der Waals surface area contributed by atoms with E-state index in [4.69, 9.17) is 11.6 Å². The van der Waals surface area contributed by atoms with Gasteiger partial charge < -0.3 is 20.5 Å². The maximum absolute atomic E-state index is 13.6. The number of nitrogens with one attached hydrogen (secondary N) is 3. The van der Waals surface area contributed by atoms with E-state index in [1.807, 2.05) is 0 Å². The van der Waals surface area contributed by atoms with Gasteiger partial charge in [0.25, 0.3) is 11.8 Å². The molecule has 0 atom stereocenters. The highest BCUT2D eigenvalue weighted by atomic mass is 35.5. The van der Waals surface area contributed by atoms with Gasteiger partial charge >= 0.3 is 6.18 Å². The second kappa shape index (κ2) is 11.6. The van der Waals surface area contributed by atoms with E-state index in [2.05, 4.69) is 20.9 Å². The Bertz CT molecular complexity index is 1390. The van der Waals surface area contributed by atoms with Crippen LogP contribution in [-0.4, -0.2) is 44.8 Å². The minimum absolute atomic E-state index is 0.0333. The van der Waals surface area contributed by atoms with Gasteiger partial charge in [0.1, 0.15) is 18.2 Å². The lowest BCUT2D eigenvalue weighted by molar-refractivity contribution is -0.137. The molecular weight excluding hydrogens is 569 g/mol. The van der Waals surface area contributed by atoms with Crippen LogP contribution in [-0.2, 0) is 24.1 Å². The van der Waals surface area contributed by atoms with Crippen molar-refractivity contribution in [3.63, 3.8) is 0 Å². The summed E-state index contributed by atoms with van der Waals surface area (Å²) >= 11 is 7.10. The van der Waals surface area contributed by atoms with Crippen LogP contribution >= 0.6 is 23.4 Å². The van der Waals surface area contributed by atoms with Gasteiger partial charge in [-0.1, -0.05) is 11.6 Å². The van der Waals surface area contributed by atoms with Crippen molar-refractivity contribution >= 4 is 46.9 Å². The summed E-state index contributed by atoms with van der Waals surface area (Å²) in [5.41, 5.74) is -1.57. The fraction of sp³-hybridized carbons (Fsp3) is 0.250. The number of benzene rings is 2. The minimum atomic E-state index is -4.83. The Kier molecular flexibility index (Phi) is 8.45. The van der Waals surface area contributed by atoms with E-state index in [1.165, 1.54) is 28.8 Å². The lowest BCUT2D eigenvalue weighted by atomic mass is 10.1. The molecular formula is C24H19ClF5N5O3S. The molecule has 1 saturated heterocycles. The third-order valence-electron chi connectivity index (χ3n) is 5.53. The second-order valence-electron chi connectivity index (χ2n) is 8.42. The topological polar surface area (TPSA) is 105 Å². The highest BCUT2D eigenvalue weighted by molar-refractivity contribution is 8.00. The van der Waals surface area contributed by atoms with Gasteiger partial charge in [0.15, 0.2) is 5.82 Å². The molecule has 3 heterocycles. The Hall–Kier alpha value is -3.65. The van der Waals surface area contributed by atoms with Crippen LogP contribution in [0.4, 0.5) is 27.8 Å². The molecule has 2 aliphatic heterocycles. The van der Waals surface area contributed by atoms with Crippen molar-refractivity contribution in [2.75, 3.05) is 16.8 Å². The zero-order valence-corrected chi connectivity index (χ0v) is 21.3. The van der Waals surface area contributed by atoms with E-state index in [-0.39, 0.29) is 48.6 Å². The number of anilines is 1. The number of aromatic nitrogens is 2. The summed E-state index contributed by atoms with van der Waals surface area (Å²) in [5, 5.41) is 8.20. The minimum Gasteiger partial charge on any atom is -0.349 e. The highest BCUT2D eigenvalue weighted by Crippen LogP contribution is 2.31. The van der Waals surface area contributed by atoms with Crippen LogP contribution < -0.4 is 16.0 Å². The van der Waals surface area contributed by atoms with Crippen LogP contribution in [0.25, 0.3) is 0 Å². The summed E-state index contributed by atoms with van der Waals surface area (Å²) < 4.78 is 65.8. The number of hydrogen-bond donors (Lipinski definition) is 3. The first-order valence-corrected chi connectivity index (χ1v) is 12.8. The van der Waals surface area contributed by atoms with Gasteiger partial charge in [0.05, 0.1) is 17.8 Å². The Labute approximate surface area is 227 Å². The summed E-state index contributed by atoms with van der Waals surface area (Å²) in [7, 11) is 0. The van der Waals surface area contributed by atoms with Crippen molar-refractivity contribution in [1.82, 2.24) is 20.2 Å². The number of rotatable bonds is 4. The van der Waals surface area contributed by atoms with E-state index >= 15 is 0 Å². The quantitative estimate of drug-likeness (QED) is 0.396. The van der Waals surface area contributed by atoms with Crippen molar-refractivity contribution in [1.29, 1.82) is 0 Å². The monoisotopic (exact) mass is 587 g/mol. The predicted molar refractivity (Wildman–Crippen MR) is 133 cm³/mol. The van der Waals surface area contributed by atoms with Gasteiger partial charge in [0.2, 0.25) is 11.7 Å². The van der Waals surface area contributed by atoms with Gasteiger partial charge in [0, 0.05) is 28.1 Å². The maximum Gasteiger partial charge on any atom is 0.416 e. The van der Waals surface area contributed by atoms with Crippen molar-refractivity contribution in [3.8, 4) is 0 Å². The summed E-state index contributed by atoms with van der Waals surface area (Å²) in [4.78, 5) is 41.0. The van der Waals surface area contributed by atoms with Crippen LogP contribution in [0.3, 0.4) is 0 Å². The first-order valence-electron chi connectivity index (χ1n) is 11.3. The lowest BCUT2D eigenvalue weighted by Crippen LogP contribution is -2.45. The van der Waals surface area contributed by atoms with E-state index in [9.17, 15) is 36.3 Å². The summed E-state index contributed by atoms with van der Waals surface area (Å²) in [6.07, 6.45) is -4.83. The molecule has 1 fully saturated rings. The summed E-state index contributed by atoms with van der Waals surface area (Å²) in [6, 6.07) is 7.10. The van der Waals surface area contributed by atoms with Gasteiger partial charge in [-0.15, -0.1) is 0 Å². The van der Waals surface area contributed by atoms with E-state index in [0.717, 1.165) is 11.5 Å². The zero-order chi connectivity index (χ0) is 28.3. The van der Waals surface area contributed by atoms with Gasteiger partial charge in [-0.25, -0.2) is 13.8 Å². The van der Waals surface area contributed by atoms with Crippen LogP contribution in [0.2, 0.25) is 5.02 Å². The summed E-state index contributed by atoms with van der Waals surface area (Å²) in [6.45, 7) is -0.260. The smallest absolute Gasteiger partial charge is 0.349 e. The van der Waals surface area contributed by atoms with E-state index < -0.39 is 34.9 Å². The van der Waals surface area contributed by atoms with Crippen LogP contribution in [0.1, 0.15) is 32.2 Å². The van der Waals surface area contributed by atoms with Crippen molar-refractivity contribution in [3.05, 3.63) is 81.8 Å². The largest absolute Gasteiger partial charge is 0.416 e. The molecule has 0 spiro atoms. The molecule has 206 valence electrons. The number of carbonyl (C=O) groups excluding carboxylic acids is 3. The molecule has 0 bridgehead atoms. The number of alkyl halides is 3. The molecule has 2 aromatic carbocycles. The number of amides is 3. The molecule has 2 aliphatic rings. The molecule has 0 unspecified atom stereocenters. The lowest BCUT2D eigenvalue weighted by Gasteiger charge is -2.26. The highest BCUT2D eigenvalue weighted by Gasteiger charge is 2.33. The van der Waals surface area contributed by atoms with Crippen molar-refractivity contribution in [2.24, 2.45) is 0 Å². The fourth-order valence-electron chi connectivity index (χ4n) is 3.55. The average Bonchev–Trinajstić information content (AvgIpc) is 3.20. The maximum atomic E-state index is 13.6. The number of imidazole rings is 1. The molecule has 1 aromatic heterocycles. The fourth-order valence-corrected chi connectivity index (χ4v) is 4.32. The second-order valence-corrected chi connectivity index (χ2v) is 9.93. The number of thioether (sulfide) groups is 1. The number of carbonyl (C=O) groups is 3. The molecule has 0 aliphatic carbocycles. The number of halogens is 6. The Morgan fingerprint density at radius 2 is 1.74 bits per heavy atom. The predicted octanol–water partition coefficient (Wildman–Crippen LogP) is 4.25. The van der Waals surface area contributed by atoms with Gasteiger partial charge in [-0.05, 0) is 42.5 Å². The van der Waals surface area contributed by atoms with Crippen LogP contribution in [0.5, 0.6) is 0 Å². The summed E-state index contributed by atoms with van der Waals surface area (Å²) in [5.74, 6) is -2.14.